The van der Waals surface area contributed by atoms with E-state index in [-0.39, 0.29) is 43.1 Å². The van der Waals surface area contributed by atoms with E-state index >= 15 is 0 Å². The molecule has 2 heterocycles. The molecule has 254 valence electrons. The van der Waals surface area contributed by atoms with Crippen LogP contribution in [0.5, 0.6) is 0 Å². The first kappa shape index (κ1) is 35.3. The summed E-state index contributed by atoms with van der Waals surface area (Å²) in [6, 6.07) is 18.2. The number of carbonyl (C=O) groups excluding carboxylic acids is 2. The van der Waals surface area contributed by atoms with Crippen LogP contribution in [-0.4, -0.2) is 62.5 Å². The molecular formula is C36H35F3N6O3S. The number of aromatic nitrogens is 3. The highest BCUT2D eigenvalue weighted by atomic mass is 32.1. The Morgan fingerprint density at radius 3 is 2.43 bits per heavy atom. The van der Waals surface area contributed by atoms with Gasteiger partial charge >= 0.3 is 6.18 Å². The molecule has 0 fully saturated rings. The van der Waals surface area contributed by atoms with Gasteiger partial charge < -0.3 is 20.6 Å². The summed E-state index contributed by atoms with van der Waals surface area (Å²) in [5, 5.41) is 19.9. The van der Waals surface area contributed by atoms with Gasteiger partial charge in [0.1, 0.15) is 5.01 Å². The maximum Gasteiger partial charge on any atom is 0.416 e. The van der Waals surface area contributed by atoms with Crippen LogP contribution in [0.15, 0.2) is 96.8 Å². The zero-order valence-corrected chi connectivity index (χ0v) is 27.6. The zero-order valence-electron chi connectivity index (χ0n) is 26.8. The van der Waals surface area contributed by atoms with Crippen LogP contribution in [-0.2, 0) is 25.7 Å². The second-order valence-electron chi connectivity index (χ2n) is 11.6. The van der Waals surface area contributed by atoms with Crippen molar-refractivity contribution in [3.05, 3.63) is 135 Å². The Morgan fingerprint density at radius 2 is 1.73 bits per heavy atom. The highest BCUT2D eigenvalue weighted by Gasteiger charge is 2.30. The summed E-state index contributed by atoms with van der Waals surface area (Å²) in [6.45, 7) is 2.23. The molecule has 2 atom stereocenters. The van der Waals surface area contributed by atoms with Crippen LogP contribution >= 0.6 is 11.3 Å². The predicted molar refractivity (Wildman–Crippen MR) is 181 cm³/mol. The Kier molecular flexibility index (Phi) is 11.5. The number of amides is 2. The third-order valence-corrected chi connectivity index (χ3v) is 8.65. The Bertz CT molecular complexity index is 1870. The van der Waals surface area contributed by atoms with Crippen LogP contribution < -0.4 is 10.6 Å². The lowest BCUT2D eigenvalue weighted by atomic mass is 9.99. The molecule has 0 saturated heterocycles. The van der Waals surface area contributed by atoms with Crippen molar-refractivity contribution in [1.82, 2.24) is 30.5 Å². The van der Waals surface area contributed by atoms with Crippen molar-refractivity contribution in [2.24, 2.45) is 0 Å². The molecule has 49 heavy (non-hydrogen) atoms. The van der Waals surface area contributed by atoms with Crippen LogP contribution in [0.4, 0.5) is 13.2 Å². The maximum absolute atomic E-state index is 13.9. The van der Waals surface area contributed by atoms with Gasteiger partial charge in [0.05, 0.1) is 36.1 Å². The maximum atomic E-state index is 13.9. The fourth-order valence-corrected chi connectivity index (χ4v) is 6.04. The van der Waals surface area contributed by atoms with Crippen molar-refractivity contribution in [2.75, 3.05) is 13.6 Å². The minimum atomic E-state index is -4.47. The SMILES string of the molecule is Cc1csc(CN(C)C(=O)c2cc(C(=O)N[C@@H](Cc3ccccc3)[C@H](O)CNCc3cccc(C(F)(F)F)c3)cc(-c3cnccn3)c2)n1. The Hall–Kier alpha value is -4.98. The number of rotatable bonds is 13. The van der Waals surface area contributed by atoms with Crippen LogP contribution in [0.25, 0.3) is 11.3 Å². The zero-order chi connectivity index (χ0) is 35.0. The third-order valence-electron chi connectivity index (χ3n) is 7.70. The molecule has 5 rings (SSSR count). The Labute approximate surface area is 285 Å². The van der Waals surface area contributed by atoms with Gasteiger partial charge in [-0.3, -0.25) is 19.6 Å². The second kappa shape index (κ2) is 15.9. The number of nitrogens with one attached hydrogen (secondary N) is 2. The highest BCUT2D eigenvalue weighted by Crippen LogP contribution is 2.29. The summed E-state index contributed by atoms with van der Waals surface area (Å²) in [4.78, 5) is 41.9. The van der Waals surface area contributed by atoms with E-state index in [2.05, 4.69) is 25.6 Å². The lowest BCUT2D eigenvalue weighted by Crippen LogP contribution is -2.48. The monoisotopic (exact) mass is 688 g/mol. The van der Waals surface area contributed by atoms with E-state index in [1.807, 2.05) is 42.6 Å². The van der Waals surface area contributed by atoms with E-state index in [0.717, 1.165) is 28.4 Å². The van der Waals surface area contributed by atoms with E-state index in [1.165, 1.54) is 47.0 Å². The number of hydrogen-bond donors (Lipinski definition) is 3. The molecule has 13 heteroatoms. The molecular weight excluding hydrogens is 653 g/mol. The van der Waals surface area contributed by atoms with E-state index in [1.54, 1.807) is 25.2 Å². The molecule has 0 aliphatic heterocycles. The van der Waals surface area contributed by atoms with Gasteiger partial charge in [-0.2, -0.15) is 13.2 Å². The van der Waals surface area contributed by atoms with Gasteiger partial charge in [0, 0.05) is 60.3 Å². The van der Waals surface area contributed by atoms with Gasteiger partial charge in [0.2, 0.25) is 0 Å². The summed E-state index contributed by atoms with van der Waals surface area (Å²) < 4.78 is 39.5. The number of benzene rings is 3. The molecule has 0 saturated carbocycles. The molecule has 0 unspecified atom stereocenters. The van der Waals surface area contributed by atoms with Gasteiger partial charge in [-0.25, -0.2) is 4.98 Å². The molecule has 3 N–H and O–H groups in total. The number of hydrogen-bond acceptors (Lipinski definition) is 8. The number of halogens is 3. The quantitative estimate of drug-likeness (QED) is 0.145. The molecule has 9 nitrogen and oxygen atoms in total. The topological polar surface area (TPSA) is 120 Å². The molecule has 2 amide bonds. The smallest absolute Gasteiger partial charge is 0.390 e. The van der Waals surface area contributed by atoms with Crippen molar-refractivity contribution in [2.45, 2.75) is 44.8 Å². The minimum Gasteiger partial charge on any atom is -0.390 e. The average molecular weight is 689 g/mol. The molecule has 0 spiro atoms. The van der Waals surface area contributed by atoms with Crippen LogP contribution in [0.1, 0.15) is 48.1 Å². The standard InChI is InChI=1S/C36H35F3N6O3S/c1-23-22-49-33(43-23)21-45(2)35(48)28-16-26(31-19-40-11-12-42-31)15-27(17-28)34(47)44-30(14-24-7-4-3-5-8-24)32(46)20-41-18-25-9-6-10-29(13-25)36(37,38)39/h3-13,15-17,19,22,30,32,41,46H,14,18,20-21H2,1-2H3,(H,44,47)/t30-,32+/m0/s1. The minimum absolute atomic E-state index is 0.0154. The Morgan fingerprint density at radius 1 is 0.980 bits per heavy atom. The summed E-state index contributed by atoms with van der Waals surface area (Å²) in [5.41, 5.74) is 2.76. The van der Waals surface area contributed by atoms with Crippen molar-refractivity contribution < 1.29 is 27.9 Å². The number of aliphatic hydroxyl groups is 1. The first-order valence-electron chi connectivity index (χ1n) is 15.4. The Balaban J connectivity index is 1.37. The molecule has 5 aromatic rings. The summed E-state index contributed by atoms with van der Waals surface area (Å²) in [6.07, 6.45) is -0.750. The van der Waals surface area contributed by atoms with Crippen molar-refractivity contribution in [3.8, 4) is 11.3 Å². The first-order valence-corrected chi connectivity index (χ1v) is 16.3. The lowest BCUT2D eigenvalue weighted by molar-refractivity contribution is -0.137. The first-order chi connectivity index (χ1) is 23.5. The van der Waals surface area contributed by atoms with Crippen molar-refractivity contribution in [3.63, 3.8) is 0 Å². The van der Waals surface area contributed by atoms with Gasteiger partial charge in [-0.05, 0) is 48.7 Å². The van der Waals surface area contributed by atoms with Crippen LogP contribution in [0, 0.1) is 6.92 Å². The van der Waals surface area contributed by atoms with E-state index < -0.39 is 29.8 Å². The normalized spacial score (nSPS) is 12.7. The number of nitrogens with zero attached hydrogens (tertiary/aromatic N) is 4. The van der Waals surface area contributed by atoms with Gasteiger partial charge in [-0.15, -0.1) is 11.3 Å². The summed E-state index contributed by atoms with van der Waals surface area (Å²) in [7, 11) is 1.66. The highest BCUT2D eigenvalue weighted by molar-refractivity contribution is 7.09. The van der Waals surface area contributed by atoms with Crippen molar-refractivity contribution in [1.29, 1.82) is 0 Å². The van der Waals surface area contributed by atoms with E-state index in [0.29, 0.717) is 16.8 Å². The lowest BCUT2D eigenvalue weighted by Gasteiger charge is -2.25. The van der Waals surface area contributed by atoms with E-state index in [9.17, 15) is 27.9 Å². The third kappa shape index (κ3) is 9.78. The molecule has 2 aromatic heterocycles. The largest absolute Gasteiger partial charge is 0.416 e. The molecule has 0 bridgehead atoms. The van der Waals surface area contributed by atoms with Gasteiger partial charge in [0.15, 0.2) is 0 Å². The number of thiazole rings is 1. The average Bonchev–Trinajstić information content (AvgIpc) is 3.51. The molecule has 0 aliphatic carbocycles. The molecule has 0 aliphatic rings. The molecule has 0 radical (unpaired) electrons. The van der Waals surface area contributed by atoms with Crippen LogP contribution in [0.3, 0.4) is 0 Å². The van der Waals surface area contributed by atoms with Crippen LogP contribution in [0.2, 0.25) is 0 Å². The second-order valence-corrected chi connectivity index (χ2v) is 12.5. The number of aryl methyl sites for hydroxylation is 1. The number of carbonyl (C=O) groups is 2. The predicted octanol–water partition coefficient (Wildman–Crippen LogP) is 5.69. The van der Waals surface area contributed by atoms with E-state index in [4.69, 9.17) is 0 Å². The molecule has 3 aromatic carbocycles. The number of aliphatic hydroxyl groups excluding tert-OH is 1. The fourth-order valence-electron chi connectivity index (χ4n) is 5.22. The van der Waals surface area contributed by atoms with Crippen molar-refractivity contribution >= 4 is 23.2 Å². The summed E-state index contributed by atoms with van der Waals surface area (Å²) >= 11 is 1.45. The van der Waals surface area contributed by atoms with Gasteiger partial charge in [-0.1, -0.05) is 48.5 Å². The fraction of sp³-hybridized carbons (Fsp3) is 0.250. The van der Waals surface area contributed by atoms with Gasteiger partial charge in [0.25, 0.3) is 11.8 Å². The summed E-state index contributed by atoms with van der Waals surface area (Å²) in [5.74, 6) is -0.858. The number of alkyl halides is 3.